The zero-order chi connectivity index (χ0) is 13.5. The van der Waals surface area contributed by atoms with Gasteiger partial charge in [-0.05, 0) is 11.5 Å². The standard InChI is InChI=1S/C7H5BBrF3O2/c9-6-3-4(7(10,11)12)1-2-5(6)8(13)14/h1-3,13-14H/i1D,2D,3D. The van der Waals surface area contributed by atoms with E-state index in [0.717, 1.165) is 0 Å². The molecule has 0 radical (unpaired) electrons. The largest absolute Gasteiger partial charge is 0.489 e. The predicted octanol–water partition coefficient (Wildman–Crippen LogP) is 1.15. The maximum Gasteiger partial charge on any atom is 0.489 e. The Balaban J connectivity index is 3.71. The maximum absolute atomic E-state index is 12.5. The molecule has 0 spiro atoms. The van der Waals surface area contributed by atoms with Crippen LogP contribution in [0.3, 0.4) is 0 Å². The summed E-state index contributed by atoms with van der Waals surface area (Å²) < 4.78 is 58.7. The smallest absolute Gasteiger partial charge is 0.423 e. The lowest BCUT2D eigenvalue weighted by Gasteiger charge is -2.09. The van der Waals surface area contributed by atoms with Crippen molar-refractivity contribution in [2.24, 2.45) is 0 Å². The molecular formula is C7H5BBrF3O2. The molecule has 2 N–H and O–H groups in total. The third-order valence-electron chi connectivity index (χ3n) is 1.34. The van der Waals surface area contributed by atoms with E-state index < -0.39 is 46.9 Å². The molecule has 0 saturated carbocycles. The molecule has 0 heterocycles. The molecule has 14 heavy (non-hydrogen) atoms. The minimum absolute atomic E-state index is 0.555. The van der Waals surface area contributed by atoms with Crippen molar-refractivity contribution in [2.75, 3.05) is 0 Å². The summed E-state index contributed by atoms with van der Waals surface area (Å²) in [6.45, 7) is 0. The van der Waals surface area contributed by atoms with Gasteiger partial charge in [0.1, 0.15) is 0 Å². The molecule has 76 valence electrons. The average molecular weight is 272 g/mol. The van der Waals surface area contributed by atoms with Crippen LogP contribution in [0.4, 0.5) is 13.2 Å². The van der Waals surface area contributed by atoms with E-state index in [2.05, 4.69) is 15.9 Å². The van der Waals surface area contributed by atoms with Crippen LogP contribution in [0, 0.1) is 0 Å². The van der Waals surface area contributed by atoms with Crippen LogP contribution in [0.2, 0.25) is 0 Å². The van der Waals surface area contributed by atoms with Crippen LogP contribution in [0.1, 0.15) is 9.68 Å². The lowest BCUT2D eigenvalue weighted by atomic mass is 9.80. The molecule has 0 unspecified atom stereocenters. The third kappa shape index (κ3) is 2.49. The summed E-state index contributed by atoms with van der Waals surface area (Å²) in [5.41, 5.74) is -2.22. The maximum atomic E-state index is 12.5. The van der Waals surface area contributed by atoms with Gasteiger partial charge in [0, 0.05) is 4.47 Å². The Labute approximate surface area is 90.9 Å². The molecule has 0 saturated heterocycles. The molecule has 7 heteroatoms. The second-order valence-corrected chi connectivity index (χ2v) is 3.14. The van der Waals surface area contributed by atoms with Crippen LogP contribution in [0.15, 0.2) is 22.6 Å². The first-order chi connectivity index (χ1) is 7.59. The Kier molecular flexibility index (Phi) is 2.16. The molecule has 2 nitrogen and oxygen atoms in total. The first-order valence-corrected chi connectivity index (χ1v) is 4.10. The first kappa shape index (κ1) is 7.73. The number of rotatable bonds is 1. The summed E-state index contributed by atoms with van der Waals surface area (Å²) in [5, 5.41) is 17.8. The van der Waals surface area contributed by atoms with Gasteiger partial charge in [0.05, 0.1) is 9.68 Å². The number of alkyl halides is 3. The summed E-state index contributed by atoms with van der Waals surface area (Å²) in [6, 6.07) is -3.33. The molecule has 1 aromatic rings. The summed E-state index contributed by atoms with van der Waals surface area (Å²) in [7, 11) is -2.23. The number of halogens is 4. The van der Waals surface area contributed by atoms with Crippen LogP contribution in [0.5, 0.6) is 0 Å². The second kappa shape index (κ2) is 3.92. The van der Waals surface area contributed by atoms with Gasteiger partial charge in [0.15, 0.2) is 0 Å². The first-order valence-electron chi connectivity index (χ1n) is 4.81. The van der Waals surface area contributed by atoms with E-state index >= 15 is 0 Å². The Hall–Kier alpha value is -0.525. The minimum Gasteiger partial charge on any atom is -0.423 e. The predicted molar refractivity (Wildman–Crippen MR) is 49.0 cm³/mol. The topological polar surface area (TPSA) is 40.5 Å². The molecule has 0 aliphatic heterocycles. The van der Waals surface area contributed by atoms with Crippen LogP contribution in [-0.2, 0) is 6.18 Å². The van der Waals surface area contributed by atoms with Crippen LogP contribution < -0.4 is 5.46 Å². The van der Waals surface area contributed by atoms with Gasteiger partial charge in [-0.1, -0.05) is 28.0 Å². The van der Waals surface area contributed by atoms with Gasteiger partial charge in [-0.2, -0.15) is 13.2 Å². The molecule has 1 rings (SSSR count). The summed E-state index contributed by atoms with van der Waals surface area (Å²) in [4.78, 5) is 0. The molecule has 0 atom stereocenters. The van der Waals surface area contributed by atoms with Crippen molar-refractivity contribution < 1.29 is 27.3 Å². The van der Waals surface area contributed by atoms with E-state index in [0.29, 0.717) is 0 Å². The number of hydrogen-bond donors (Lipinski definition) is 2. The normalized spacial score (nSPS) is 14.6. The zero-order valence-electron chi connectivity index (χ0n) is 9.48. The second-order valence-electron chi connectivity index (χ2n) is 2.35. The molecule has 0 aliphatic rings. The van der Waals surface area contributed by atoms with E-state index in [9.17, 15) is 13.2 Å². The summed E-state index contributed by atoms with van der Waals surface area (Å²) >= 11 is 2.60. The van der Waals surface area contributed by atoms with Crippen molar-refractivity contribution in [3.8, 4) is 0 Å². The SMILES string of the molecule is [2H]c1c([2H])c(C(F)(F)F)c([2H])c(Br)c1B(O)O. The summed E-state index contributed by atoms with van der Waals surface area (Å²) in [5.74, 6) is 0. The Morgan fingerprint density at radius 3 is 2.36 bits per heavy atom. The lowest BCUT2D eigenvalue weighted by molar-refractivity contribution is -0.137. The number of hydrogen-bond acceptors (Lipinski definition) is 2. The van der Waals surface area contributed by atoms with E-state index in [1.807, 2.05) is 0 Å². The van der Waals surface area contributed by atoms with E-state index in [1.165, 1.54) is 0 Å². The van der Waals surface area contributed by atoms with Crippen molar-refractivity contribution in [3.63, 3.8) is 0 Å². The van der Waals surface area contributed by atoms with Gasteiger partial charge in [0.25, 0.3) is 0 Å². The quantitative estimate of drug-likeness (QED) is 0.753. The third-order valence-corrected chi connectivity index (χ3v) is 1.96. The highest BCUT2D eigenvalue weighted by molar-refractivity contribution is 9.10. The fourth-order valence-electron chi connectivity index (χ4n) is 0.713. The molecular weight excluding hydrogens is 264 g/mol. The fraction of sp³-hybridized carbons (Fsp3) is 0.143. The Morgan fingerprint density at radius 1 is 1.36 bits per heavy atom. The van der Waals surface area contributed by atoms with Gasteiger partial charge in [-0.3, -0.25) is 0 Å². The lowest BCUT2D eigenvalue weighted by Crippen LogP contribution is -2.31. The van der Waals surface area contributed by atoms with Crippen LogP contribution >= 0.6 is 15.9 Å². The highest BCUT2D eigenvalue weighted by atomic mass is 79.9. The molecule has 0 fully saturated rings. The van der Waals surface area contributed by atoms with Crippen molar-refractivity contribution in [3.05, 3.63) is 28.2 Å². The van der Waals surface area contributed by atoms with Crippen molar-refractivity contribution >= 4 is 28.5 Å². The fourth-order valence-corrected chi connectivity index (χ4v) is 1.21. The minimum atomic E-state index is -4.95. The van der Waals surface area contributed by atoms with Crippen molar-refractivity contribution in [1.82, 2.24) is 0 Å². The number of benzene rings is 1. The summed E-state index contributed by atoms with van der Waals surface area (Å²) in [6.07, 6.45) is -4.95. The van der Waals surface area contributed by atoms with Gasteiger partial charge < -0.3 is 10.0 Å². The molecule has 1 aromatic carbocycles. The van der Waals surface area contributed by atoms with Crippen molar-refractivity contribution in [1.29, 1.82) is 0 Å². The van der Waals surface area contributed by atoms with E-state index in [1.54, 1.807) is 0 Å². The van der Waals surface area contributed by atoms with Gasteiger partial charge >= 0.3 is 13.3 Å². The van der Waals surface area contributed by atoms with Gasteiger partial charge in [0.2, 0.25) is 0 Å². The van der Waals surface area contributed by atoms with Gasteiger partial charge in [-0.15, -0.1) is 0 Å². The zero-order valence-corrected chi connectivity index (χ0v) is 8.07. The molecule has 0 aromatic heterocycles. The van der Waals surface area contributed by atoms with Crippen LogP contribution in [-0.4, -0.2) is 17.2 Å². The Morgan fingerprint density at radius 2 is 1.93 bits per heavy atom. The monoisotopic (exact) mass is 271 g/mol. The van der Waals surface area contributed by atoms with Crippen LogP contribution in [0.25, 0.3) is 0 Å². The van der Waals surface area contributed by atoms with Gasteiger partial charge in [-0.25, -0.2) is 0 Å². The highest BCUT2D eigenvalue weighted by Gasteiger charge is 2.31. The average Bonchev–Trinajstić information content (AvgIpc) is 2.12. The molecule has 0 bridgehead atoms. The molecule has 0 amide bonds. The molecule has 0 aliphatic carbocycles. The van der Waals surface area contributed by atoms with Crippen molar-refractivity contribution in [2.45, 2.75) is 6.18 Å². The Bertz CT molecular complexity index is 438. The highest BCUT2D eigenvalue weighted by Crippen LogP contribution is 2.30. The van der Waals surface area contributed by atoms with E-state index in [-0.39, 0.29) is 0 Å². The van der Waals surface area contributed by atoms with E-state index in [4.69, 9.17) is 14.2 Å².